The summed E-state index contributed by atoms with van der Waals surface area (Å²) in [5, 5.41) is 2.62. The molecule has 9 rings (SSSR count). The minimum atomic E-state index is 0.707. The Bertz CT molecular complexity index is 2370. The summed E-state index contributed by atoms with van der Waals surface area (Å²) in [5.74, 6) is 0.707. The zero-order valence-corrected chi connectivity index (χ0v) is 24.9. The Morgan fingerprint density at radius 2 is 0.913 bits per heavy atom. The second kappa shape index (κ2) is 10.8. The van der Waals surface area contributed by atoms with Crippen molar-refractivity contribution in [2.24, 2.45) is 0 Å². The molecule has 8 aromatic rings. The molecule has 0 saturated carbocycles. The van der Waals surface area contributed by atoms with Gasteiger partial charge in [0.1, 0.15) is 0 Å². The van der Waals surface area contributed by atoms with Crippen LogP contribution in [0.4, 0.5) is 0 Å². The third kappa shape index (κ3) is 4.41. The van der Waals surface area contributed by atoms with Gasteiger partial charge in [-0.1, -0.05) is 127 Å². The molecule has 0 N–H and O–H groups in total. The summed E-state index contributed by atoms with van der Waals surface area (Å²) < 4.78 is 0. The highest BCUT2D eigenvalue weighted by Crippen LogP contribution is 2.49. The van der Waals surface area contributed by atoms with Gasteiger partial charge in [-0.05, 0) is 79.5 Å². The Labute approximate surface area is 267 Å². The van der Waals surface area contributed by atoms with Gasteiger partial charge < -0.3 is 0 Å². The van der Waals surface area contributed by atoms with Gasteiger partial charge >= 0.3 is 0 Å². The molecule has 46 heavy (non-hydrogen) atoms. The maximum Gasteiger partial charge on any atom is 0.160 e. The Balaban J connectivity index is 1.14. The fraction of sp³-hybridized carbons (Fsp3) is 0. The van der Waals surface area contributed by atoms with Gasteiger partial charge in [0, 0.05) is 29.1 Å². The summed E-state index contributed by atoms with van der Waals surface area (Å²) in [6, 6.07) is 53.6. The molecule has 0 fully saturated rings. The van der Waals surface area contributed by atoms with Crippen LogP contribution in [-0.2, 0) is 0 Å². The summed E-state index contributed by atoms with van der Waals surface area (Å²) in [4.78, 5) is 14.3. The molecule has 3 nitrogen and oxygen atoms in total. The first-order valence-electron chi connectivity index (χ1n) is 15.5. The van der Waals surface area contributed by atoms with Crippen LogP contribution in [0.25, 0.3) is 89.2 Å². The van der Waals surface area contributed by atoms with Crippen molar-refractivity contribution in [2.75, 3.05) is 0 Å². The molecule has 6 aromatic carbocycles. The molecule has 0 amide bonds. The molecule has 3 heteroatoms. The Kier molecular flexibility index (Phi) is 6.14. The van der Waals surface area contributed by atoms with E-state index in [0.717, 1.165) is 39.2 Å². The predicted octanol–water partition coefficient (Wildman–Crippen LogP) is 11.0. The third-order valence-electron chi connectivity index (χ3n) is 8.97. The predicted molar refractivity (Wildman–Crippen MR) is 189 cm³/mol. The zero-order chi connectivity index (χ0) is 30.5. The maximum atomic E-state index is 5.07. The first kappa shape index (κ1) is 26.2. The van der Waals surface area contributed by atoms with E-state index in [2.05, 4.69) is 126 Å². The second-order valence-electron chi connectivity index (χ2n) is 11.7. The minimum Gasteiger partial charge on any atom is -0.265 e. The molecule has 0 spiro atoms. The molecule has 1 aliphatic carbocycles. The van der Waals surface area contributed by atoms with Gasteiger partial charge in [0.2, 0.25) is 0 Å². The number of benzene rings is 6. The third-order valence-corrected chi connectivity index (χ3v) is 8.97. The van der Waals surface area contributed by atoms with Crippen molar-refractivity contribution >= 4 is 10.8 Å². The molecular formula is C43H27N3. The maximum absolute atomic E-state index is 5.07. The van der Waals surface area contributed by atoms with Crippen molar-refractivity contribution < 1.29 is 0 Å². The van der Waals surface area contributed by atoms with Crippen molar-refractivity contribution in [3.8, 4) is 78.4 Å². The van der Waals surface area contributed by atoms with E-state index in [1.165, 1.54) is 44.2 Å². The number of pyridine rings is 1. The number of hydrogen-bond donors (Lipinski definition) is 0. The lowest BCUT2D eigenvalue weighted by atomic mass is 9.93. The fourth-order valence-electron chi connectivity index (χ4n) is 6.74. The van der Waals surface area contributed by atoms with Crippen molar-refractivity contribution in [1.29, 1.82) is 0 Å². The van der Waals surface area contributed by atoms with Crippen LogP contribution in [0.15, 0.2) is 164 Å². The quantitative estimate of drug-likeness (QED) is 0.202. The molecule has 0 bridgehead atoms. The summed E-state index contributed by atoms with van der Waals surface area (Å²) >= 11 is 0. The molecule has 1 aliphatic rings. The standard InChI is InChI=1S/C43H27N3/c1-2-8-31(9-3-1)43-45-40(27-41(46-43)33-11-6-10-32(26-33)28-22-24-44-25-23-28)30-18-16-29(17-19-30)34-20-21-39-36-13-5-4-12-35(36)38-15-7-14-37(34)42(38)39/h1-27H. The van der Waals surface area contributed by atoms with Crippen molar-refractivity contribution in [3.05, 3.63) is 164 Å². The largest absolute Gasteiger partial charge is 0.265 e. The molecule has 0 aliphatic heterocycles. The number of aromatic nitrogens is 3. The Hall–Kier alpha value is -6.19. The van der Waals surface area contributed by atoms with E-state index in [9.17, 15) is 0 Å². The van der Waals surface area contributed by atoms with Gasteiger partial charge in [-0.15, -0.1) is 0 Å². The average Bonchev–Trinajstić information content (AvgIpc) is 3.47. The van der Waals surface area contributed by atoms with E-state index in [0.29, 0.717) is 5.82 Å². The normalized spacial score (nSPS) is 11.5. The molecule has 214 valence electrons. The number of rotatable bonds is 5. The van der Waals surface area contributed by atoms with Crippen LogP contribution in [0.2, 0.25) is 0 Å². The van der Waals surface area contributed by atoms with Crippen LogP contribution < -0.4 is 0 Å². The van der Waals surface area contributed by atoms with E-state index in [4.69, 9.17) is 9.97 Å². The van der Waals surface area contributed by atoms with Gasteiger partial charge in [0.15, 0.2) is 5.82 Å². The van der Waals surface area contributed by atoms with Gasteiger partial charge in [-0.3, -0.25) is 4.98 Å². The van der Waals surface area contributed by atoms with E-state index in [1.54, 1.807) is 0 Å². The molecule has 2 aromatic heterocycles. The van der Waals surface area contributed by atoms with Gasteiger partial charge in [-0.2, -0.15) is 0 Å². The summed E-state index contributed by atoms with van der Waals surface area (Å²) in [5.41, 5.74) is 14.8. The van der Waals surface area contributed by atoms with E-state index >= 15 is 0 Å². The second-order valence-corrected chi connectivity index (χ2v) is 11.7. The zero-order valence-electron chi connectivity index (χ0n) is 24.9. The Morgan fingerprint density at radius 3 is 1.70 bits per heavy atom. The molecule has 0 atom stereocenters. The van der Waals surface area contributed by atoms with Crippen LogP contribution in [0.3, 0.4) is 0 Å². The highest BCUT2D eigenvalue weighted by molar-refractivity contribution is 6.18. The number of nitrogens with zero attached hydrogens (tertiary/aromatic N) is 3. The smallest absolute Gasteiger partial charge is 0.160 e. The van der Waals surface area contributed by atoms with Gasteiger partial charge in [-0.25, -0.2) is 9.97 Å². The first-order valence-corrected chi connectivity index (χ1v) is 15.5. The summed E-state index contributed by atoms with van der Waals surface area (Å²) in [7, 11) is 0. The van der Waals surface area contributed by atoms with Crippen LogP contribution in [0, 0.1) is 0 Å². The highest BCUT2D eigenvalue weighted by atomic mass is 14.9. The monoisotopic (exact) mass is 585 g/mol. The number of hydrogen-bond acceptors (Lipinski definition) is 3. The van der Waals surface area contributed by atoms with E-state index < -0.39 is 0 Å². The molecule has 0 unspecified atom stereocenters. The van der Waals surface area contributed by atoms with Gasteiger partial charge in [0.25, 0.3) is 0 Å². The SMILES string of the molecule is c1ccc(-c2nc(-c3ccc(-c4ccc5c6c(cccc46)-c4ccccc4-5)cc3)cc(-c3cccc(-c4ccncc4)c3)n2)cc1. The van der Waals surface area contributed by atoms with Crippen LogP contribution in [-0.4, -0.2) is 15.0 Å². The number of fused-ring (bicyclic) bond motifs is 3. The fourth-order valence-corrected chi connectivity index (χ4v) is 6.74. The molecule has 0 radical (unpaired) electrons. The van der Waals surface area contributed by atoms with E-state index in [1.807, 2.05) is 42.7 Å². The van der Waals surface area contributed by atoms with Crippen LogP contribution in [0.5, 0.6) is 0 Å². The topological polar surface area (TPSA) is 38.7 Å². The average molecular weight is 586 g/mol. The van der Waals surface area contributed by atoms with Crippen molar-refractivity contribution in [2.45, 2.75) is 0 Å². The molecule has 2 heterocycles. The van der Waals surface area contributed by atoms with Gasteiger partial charge in [0.05, 0.1) is 11.4 Å². The van der Waals surface area contributed by atoms with Crippen LogP contribution >= 0.6 is 0 Å². The Morgan fingerprint density at radius 1 is 0.326 bits per heavy atom. The molecular weight excluding hydrogens is 558 g/mol. The summed E-state index contributed by atoms with van der Waals surface area (Å²) in [6.45, 7) is 0. The summed E-state index contributed by atoms with van der Waals surface area (Å²) in [6.07, 6.45) is 3.65. The lowest BCUT2D eigenvalue weighted by Crippen LogP contribution is -1.96. The molecule has 0 saturated heterocycles. The van der Waals surface area contributed by atoms with Crippen molar-refractivity contribution in [1.82, 2.24) is 15.0 Å². The lowest BCUT2D eigenvalue weighted by Gasteiger charge is -2.12. The lowest BCUT2D eigenvalue weighted by molar-refractivity contribution is 1.18. The van der Waals surface area contributed by atoms with Crippen LogP contribution in [0.1, 0.15) is 0 Å². The minimum absolute atomic E-state index is 0.707. The first-order chi connectivity index (χ1) is 22.8. The van der Waals surface area contributed by atoms with E-state index in [-0.39, 0.29) is 0 Å². The van der Waals surface area contributed by atoms with Crippen molar-refractivity contribution in [3.63, 3.8) is 0 Å². The highest BCUT2D eigenvalue weighted by Gasteiger charge is 2.22.